The zero-order valence-corrected chi connectivity index (χ0v) is 11.7. The first-order valence-corrected chi connectivity index (χ1v) is 6.92. The van der Waals surface area contributed by atoms with Crippen LogP contribution in [0.1, 0.15) is 35.2 Å². The SMILES string of the molecule is COC(=O)CCCNC(=O)c1ccc2c(c1)CCCN2. The molecule has 5 nitrogen and oxygen atoms in total. The fourth-order valence-corrected chi connectivity index (χ4v) is 2.25. The van der Waals surface area contributed by atoms with E-state index >= 15 is 0 Å². The second-order valence-corrected chi connectivity index (χ2v) is 4.84. The number of ether oxygens (including phenoxy) is 1. The average molecular weight is 276 g/mol. The molecule has 20 heavy (non-hydrogen) atoms. The number of nitrogens with one attached hydrogen (secondary N) is 2. The van der Waals surface area contributed by atoms with Gasteiger partial charge in [0.25, 0.3) is 5.91 Å². The standard InChI is InChI=1S/C15H20N2O3/c1-20-14(18)5-3-9-17-15(19)12-6-7-13-11(10-12)4-2-8-16-13/h6-7,10,16H,2-5,8-9H2,1H3,(H,17,19). The van der Waals surface area contributed by atoms with E-state index in [0.29, 0.717) is 24.9 Å². The highest BCUT2D eigenvalue weighted by Gasteiger charge is 2.12. The second-order valence-electron chi connectivity index (χ2n) is 4.84. The molecule has 2 rings (SSSR count). The number of methoxy groups -OCH3 is 1. The number of anilines is 1. The van der Waals surface area contributed by atoms with Crippen LogP contribution in [0.2, 0.25) is 0 Å². The molecule has 1 aromatic carbocycles. The van der Waals surface area contributed by atoms with Crippen LogP contribution in [0, 0.1) is 0 Å². The van der Waals surface area contributed by atoms with E-state index < -0.39 is 0 Å². The summed E-state index contributed by atoms with van der Waals surface area (Å²) in [6.07, 6.45) is 3.01. The molecule has 2 N–H and O–H groups in total. The first kappa shape index (κ1) is 14.4. The van der Waals surface area contributed by atoms with Gasteiger partial charge in [0.15, 0.2) is 0 Å². The van der Waals surface area contributed by atoms with Crippen molar-refractivity contribution in [3.05, 3.63) is 29.3 Å². The molecule has 0 spiro atoms. The molecule has 0 aromatic heterocycles. The predicted molar refractivity (Wildman–Crippen MR) is 76.8 cm³/mol. The van der Waals surface area contributed by atoms with E-state index in [2.05, 4.69) is 15.4 Å². The summed E-state index contributed by atoms with van der Waals surface area (Å²) in [5.74, 6) is -0.345. The van der Waals surface area contributed by atoms with E-state index in [9.17, 15) is 9.59 Å². The Bertz CT molecular complexity index is 500. The summed E-state index contributed by atoms with van der Waals surface area (Å²) in [5, 5.41) is 6.13. The first-order chi connectivity index (χ1) is 9.70. The first-order valence-electron chi connectivity index (χ1n) is 6.92. The van der Waals surface area contributed by atoms with Crippen LogP contribution >= 0.6 is 0 Å². The van der Waals surface area contributed by atoms with Crippen molar-refractivity contribution in [2.45, 2.75) is 25.7 Å². The zero-order chi connectivity index (χ0) is 14.4. The third-order valence-electron chi connectivity index (χ3n) is 3.38. The van der Waals surface area contributed by atoms with Crippen LogP contribution in [-0.2, 0) is 16.0 Å². The smallest absolute Gasteiger partial charge is 0.305 e. The van der Waals surface area contributed by atoms with Crippen LogP contribution in [-0.4, -0.2) is 32.1 Å². The lowest BCUT2D eigenvalue weighted by atomic mass is 10.0. The minimum atomic E-state index is -0.251. The molecule has 1 aliphatic rings. The molecular weight excluding hydrogens is 256 g/mol. The van der Waals surface area contributed by atoms with Crippen molar-refractivity contribution in [2.75, 3.05) is 25.5 Å². The molecule has 0 unspecified atom stereocenters. The largest absolute Gasteiger partial charge is 0.469 e. The molecule has 0 saturated heterocycles. The summed E-state index contributed by atoms with van der Waals surface area (Å²) in [7, 11) is 1.36. The van der Waals surface area contributed by atoms with Gasteiger partial charge < -0.3 is 15.4 Å². The van der Waals surface area contributed by atoms with Crippen LogP contribution in [0.3, 0.4) is 0 Å². The third-order valence-corrected chi connectivity index (χ3v) is 3.38. The summed E-state index contributed by atoms with van der Waals surface area (Å²) in [6, 6.07) is 5.72. The van der Waals surface area contributed by atoms with E-state index in [0.717, 1.165) is 25.1 Å². The molecule has 1 heterocycles. The monoisotopic (exact) mass is 276 g/mol. The Morgan fingerprint density at radius 1 is 1.40 bits per heavy atom. The van der Waals surface area contributed by atoms with Crippen LogP contribution in [0.4, 0.5) is 5.69 Å². The fourth-order valence-electron chi connectivity index (χ4n) is 2.25. The number of benzene rings is 1. The molecule has 5 heteroatoms. The lowest BCUT2D eigenvalue weighted by molar-refractivity contribution is -0.140. The van der Waals surface area contributed by atoms with Crippen LogP contribution in [0.15, 0.2) is 18.2 Å². The number of carbonyl (C=O) groups is 2. The minimum absolute atomic E-state index is 0.0942. The van der Waals surface area contributed by atoms with Crippen molar-refractivity contribution in [1.82, 2.24) is 5.32 Å². The van der Waals surface area contributed by atoms with Crippen molar-refractivity contribution >= 4 is 17.6 Å². The maximum Gasteiger partial charge on any atom is 0.305 e. The van der Waals surface area contributed by atoms with E-state index in [1.54, 1.807) is 0 Å². The van der Waals surface area contributed by atoms with Gasteiger partial charge in [0.05, 0.1) is 7.11 Å². The van der Waals surface area contributed by atoms with E-state index in [1.165, 1.54) is 12.7 Å². The number of amides is 1. The Hall–Kier alpha value is -2.04. The fraction of sp³-hybridized carbons (Fsp3) is 0.467. The van der Waals surface area contributed by atoms with Crippen molar-refractivity contribution in [1.29, 1.82) is 0 Å². The zero-order valence-electron chi connectivity index (χ0n) is 11.7. The lowest BCUT2D eigenvalue weighted by Crippen LogP contribution is -2.25. The number of fused-ring (bicyclic) bond motifs is 1. The van der Waals surface area contributed by atoms with Crippen LogP contribution in [0.25, 0.3) is 0 Å². The summed E-state index contributed by atoms with van der Waals surface area (Å²) in [4.78, 5) is 22.9. The highest BCUT2D eigenvalue weighted by Crippen LogP contribution is 2.22. The molecular formula is C15H20N2O3. The molecule has 0 radical (unpaired) electrons. The van der Waals surface area contributed by atoms with Gasteiger partial charge in [-0.05, 0) is 43.0 Å². The lowest BCUT2D eigenvalue weighted by Gasteiger charge is -2.18. The van der Waals surface area contributed by atoms with Gasteiger partial charge >= 0.3 is 5.97 Å². The Balaban J connectivity index is 1.85. The van der Waals surface area contributed by atoms with Crippen LogP contribution < -0.4 is 10.6 Å². The molecule has 0 bridgehead atoms. The number of rotatable bonds is 5. The maximum absolute atomic E-state index is 12.0. The Labute approximate surface area is 118 Å². The second kappa shape index (κ2) is 6.93. The van der Waals surface area contributed by atoms with Gasteiger partial charge in [-0.25, -0.2) is 0 Å². The van der Waals surface area contributed by atoms with Gasteiger partial charge in [-0.1, -0.05) is 0 Å². The van der Waals surface area contributed by atoms with Gasteiger partial charge in [0.1, 0.15) is 0 Å². The van der Waals surface area contributed by atoms with Gasteiger partial charge in [-0.15, -0.1) is 0 Å². The van der Waals surface area contributed by atoms with Crippen LogP contribution in [0.5, 0.6) is 0 Å². The Kier molecular flexibility index (Phi) is 4.98. The average Bonchev–Trinajstić information content (AvgIpc) is 2.50. The molecule has 108 valence electrons. The van der Waals surface area contributed by atoms with E-state index in [4.69, 9.17) is 0 Å². The normalized spacial score (nSPS) is 13.1. The highest BCUT2D eigenvalue weighted by atomic mass is 16.5. The maximum atomic E-state index is 12.0. The summed E-state index contributed by atoms with van der Waals surface area (Å²) in [5.41, 5.74) is 2.99. The topological polar surface area (TPSA) is 67.4 Å². The van der Waals surface area contributed by atoms with Crippen molar-refractivity contribution in [3.63, 3.8) is 0 Å². The van der Waals surface area contributed by atoms with Crippen molar-refractivity contribution in [3.8, 4) is 0 Å². The summed E-state index contributed by atoms with van der Waals surface area (Å²) < 4.78 is 4.55. The highest BCUT2D eigenvalue weighted by molar-refractivity contribution is 5.95. The number of hydrogen-bond donors (Lipinski definition) is 2. The molecule has 1 aromatic rings. The van der Waals surface area contributed by atoms with Gasteiger partial charge in [0, 0.05) is 30.8 Å². The van der Waals surface area contributed by atoms with Crippen molar-refractivity contribution < 1.29 is 14.3 Å². The van der Waals surface area contributed by atoms with E-state index in [1.807, 2.05) is 18.2 Å². The quantitative estimate of drug-likeness (QED) is 0.635. The predicted octanol–water partition coefficient (Wildman–Crippen LogP) is 1.73. The number of carbonyl (C=O) groups excluding carboxylic acids is 2. The summed E-state index contributed by atoms with van der Waals surface area (Å²) in [6.45, 7) is 1.47. The third kappa shape index (κ3) is 3.73. The summed E-state index contributed by atoms with van der Waals surface area (Å²) >= 11 is 0. The molecule has 0 aliphatic carbocycles. The van der Waals surface area contributed by atoms with E-state index in [-0.39, 0.29) is 11.9 Å². The molecule has 1 aliphatic heterocycles. The molecule has 0 atom stereocenters. The van der Waals surface area contributed by atoms with Gasteiger partial charge in [0.2, 0.25) is 0 Å². The number of esters is 1. The number of aryl methyl sites for hydroxylation is 1. The molecule has 0 saturated carbocycles. The number of hydrogen-bond acceptors (Lipinski definition) is 4. The van der Waals surface area contributed by atoms with Gasteiger partial charge in [-0.3, -0.25) is 9.59 Å². The molecule has 1 amide bonds. The van der Waals surface area contributed by atoms with Gasteiger partial charge in [-0.2, -0.15) is 0 Å². The Morgan fingerprint density at radius 2 is 2.25 bits per heavy atom. The van der Waals surface area contributed by atoms with Crippen molar-refractivity contribution in [2.24, 2.45) is 0 Å². The Morgan fingerprint density at radius 3 is 3.05 bits per heavy atom. The minimum Gasteiger partial charge on any atom is -0.469 e. The molecule has 0 fully saturated rings.